The number of phenols is 2. The van der Waals surface area contributed by atoms with E-state index < -0.39 is 0 Å². The van der Waals surface area contributed by atoms with Gasteiger partial charge in [-0.05, 0) is 56.2 Å². The Labute approximate surface area is 152 Å². The minimum absolute atomic E-state index is 0.0341. The zero-order valence-electron chi connectivity index (χ0n) is 15.1. The Bertz CT molecular complexity index is 460. The van der Waals surface area contributed by atoms with Crippen LogP contribution in [0, 0.1) is 0 Å². The molecule has 0 unspecified atom stereocenters. The Balaban J connectivity index is 1.98. The van der Waals surface area contributed by atoms with Gasteiger partial charge in [-0.2, -0.15) is 0 Å². The van der Waals surface area contributed by atoms with E-state index in [1.54, 1.807) is 12.1 Å². The van der Waals surface area contributed by atoms with Crippen molar-refractivity contribution in [3.05, 3.63) is 34.9 Å². The number of allylic oxidation sites excluding steroid dienone is 2. The van der Waals surface area contributed by atoms with Crippen molar-refractivity contribution in [3.8, 4) is 11.5 Å². The summed E-state index contributed by atoms with van der Waals surface area (Å²) in [4.78, 5) is 0. The van der Waals surface area contributed by atoms with Gasteiger partial charge in [0.1, 0.15) is 16.5 Å². The molecule has 2 nitrogen and oxygen atoms in total. The van der Waals surface area contributed by atoms with Crippen molar-refractivity contribution < 1.29 is 10.2 Å². The molecule has 0 spiro atoms. The van der Waals surface area contributed by atoms with E-state index >= 15 is 0 Å². The Morgan fingerprint density at radius 2 is 1.29 bits per heavy atom. The van der Waals surface area contributed by atoms with E-state index in [2.05, 4.69) is 19.1 Å². The number of hydrogen-bond donors (Lipinski definition) is 2. The number of benzene rings is 1. The van der Waals surface area contributed by atoms with Gasteiger partial charge in [-0.1, -0.05) is 69.2 Å². The number of phenolic OH excluding ortho intramolecular Hbond substituents is 2. The van der Waals surface area contributed by atoms with E-state index in [1.807, 2.05) is 0 Å². The van der Waals surface area contributed by atoms with Crippen molar-refractivity contribution in [1.82, 2.24) is 0 Å². The maximum absolute atomic E-state index is 9.59. The van der Waals surface area contributed by atoms with Crippen LogP contribution in [-0.2, 0) is 6.42 Å². The zero-order chi connectivity index (χ0) is 17.6. The van der Waals surface area contributed by atoms with Gasteiger partial charge in [0, 0.05) is 0 Å². The fourth-order valence-electron chi connectivity index (χ4n) is 2.84. The monoisotopic (exact) mass is 352 g/mol. The van der Waals surface area contributed by atoms with Crippen LogP contribution < -0.4 is 0 Å². The average Bonchev–Trinajstić information content (AvgIpc) is 2.56. The lowest BCUT2D eigenvalue weighted by Gasteiger charge is -2.06. The van der Waals surface area contributed by atoms with E-state index in [0.29, 0.717) is 0 Å². The first-order valence-corrected chi connectivity index (χ1v) is 9.88. The molecule has 0 aliphatic rings. The highest BCUT2D eigenvalue weighted by atomic mass is 35.5. The van der Waals surface area contributed by atoms with Gasteiger partial charge in [-0.25, -0.2) is 0 Å². The molecule has 24 heavy (non-hydrogen) atoms. The summed E-state index contributed by atoms with van der Waals surface area (Å²) in [5.74, 6) is -0.0682. The maximum atomic E-state index is 9.59. The molecule has 1 rings (SSSR count). The molecule has 136 valence electrons. The van der Waals surface area contributed by atoms with E-state index in [0.717, 1.165) is 18.4 Å². The summed E-state index contributed by atoms with van der Waals surface area (Å²) in [6.07, 6.45) is 19.4. The molecular weight excluding hydrogens is 320 g/mol. The minimum Gasteiger partial charge on any atom is -0.506 e. The second-order valence-electron chi connectivity index (χ2n) is 6.58. The van der Waals surface area contributed by atoms with E-state index in [9.17, 15) is 10.2 Å². The lowest BCUT2D eigenvalue weighted by molar-refractivity contribution is 0.449. The predicted octanol–water partition coefficient (Wildman–Crippen LogP) is 7.16. The summed E-state index contributed by atoms with van der Waals surface area (Å²) in [5.41, 5.74) is 0.945. The maximum Gasteiger partial charge on any atom is 0.138 e. The Morgan fingerprint density at radius 1 is 0.792 bits per heavy atom. The average molecular weight is 353 g/mol. The molecule has 0 heterocycles. The lowest BCUT2D eigenvalue weighted by Crippen LogP contribution is -1.87. The first-order chi connectivity index (χ1) is 11.6. The second kappa shape index (κ2) is 13.2. The molecule has 0 saturated carbocycles. The third kappa shape index (κ3) is 9.22. The molecule has 0 atom stereocenters. The van der Waals surface area contributed by atoms with Crippen molar-refractivity contribution in [2.45, 2.75) is 84.0 Å². The standard InChI is InChI=1S/C21H33ClO2/c1-2-3-4-5-6-7-8-9-10-11-12-13-14-15-18-16-19(23)21(22)20(24)17-18/h7-8,16-17,23-24H,2-6,9-15H2,1H3/b8-7+. The number of halogens is 1. The first kappa shape index (κ1) is 20.9. The van der Waals surface area contributed by atoms with Gasteiger partial charge in [-0.15, -0.1) is 0 Å². The molecule has 0 aliphatic heterocycles. The Morgan fingerprint density at radius 3 is 1.88 bits per heavy atom. The summed E-state index contributed by atoms with van der Waals surface area (Å²) in [5, 5.41) is 19.2. The Kier molecular flexibility index (Phi) is 11.5. The SMILES string of the molecule is CCCCCC/C=C/CCCCCCCc1cc(O)c(Cl)c(O)c1. The molecule has 0 fully saturated rings. The van der Waals surface area contributed by atoms with Gasteiger partial charge in [0.05, 0.1) is 0 Å². The van der Waals surface area contributed by atoms with Gasteiger partial charge in [0.2, 0.25) is 0 Å². The molecule has 0 bridgehead atoms. The summed E-state index contributed by atoms with van der Waals surface area (Å²) in [6.45, 7) is 2.25. The first-order valence-electron chi connectivity index (χ1n) is 9.50. The Hall–Kier alpha value is -1.15. The fourth-order valence-corrected chi connectivity index (χ4v) is 2.95. The van der Waals surface area contributed by atoms with Crippen LogP contribution in [0.15, 0.2) is 24.3 Å². The van der Waals surface area contributed by atoms with Crippen molar-refractivity contribution >= 4 is 11.6 Å². The number of unbranched alkanes of at least 4 members (excludes halogenated alkanes) is 9. The molecular formula is C21H33ClO2. The second-order valence-corrected chi connectivity index (χ2v) is 6.95. The van der Waals surface area contributed by atoms with Crippen LogP contribution in [-0.4, -0.2) is 10.2 Å². The summed E-state index contributed by atoms with van der Waals surface area (Å²) < 4.78 is 0. The summed E-state index contributed by atoms with van der Waals surface area (Å²) in [7, 11) is 0. The van der Waals surface area contributed by atoms with Crippen LogP contribution in [0.25, 0.3) is 0 Å². The molecule has 0 radical (unpaired) electrons. The lowest BCUT2D eigenvalue weighted by atomic mass is 10.0. The fraction of sp³-hybridized carbons (Fsp3) is 0.619. The largest absolute Gasteiger partial charge is 0.506 e. The molecule has 0 aliphatic carbocycles. The summed E-state index contributed by atoms with van der Waals surface area (Å²) >= 11 is 5.73. The van der Waals surface area contributed by atoms with E-state index in [1.165, 1.54) is 64.2 Å². The van der Waals surface area contributed by atoms with Crippen molar-refractivity contribution in [2.75, 3.05) is 0 Å². The van der Waals surface area contributed by atoms with Crippen LogP contribution in [0.5, 0.6) is 11.5 Å². The van der Waals surface area contributed by atoms with Gasteiger partial charge in [0.15, 0.2) is 0 Å². The van der Waals surface area contributed by atoms with Crippen LogP contribution >= 0.6 is 11.6 Å². The van der Waals surface area contributed by atoms with Crippen LogP contribution in [0.1, 0.15) is 83.1 Å². The van der Waals surface area contributed by atoms with Gasteiger partial charge in [0.25, 0.3) is 0 Å². The minimum atomic E-state index is -0.0341. The van der Waals surface area contributed by atoms with E-state index in [4.69, 9.17) is 11.6 Å². The zero-order valence-corrected chi connectivity index (χ0v) is 15.8. The molecule has 1 aromatic carbocycles. The predicted molar refractivity (Wildman–Crippen MR) is 104 cm³/mol. The van der Waals surface area contributed by atoms with Crippen molar-refractivity contribution in [1.29, 1.82) is 0 Å². The molecule has 1 aromatic rings. The number of rotatable bonds is 13. The van der Waals surface area contributed by atoms with Gasteiger partial charge in [-0.3, -0.25) is 0 Å². The van der Waals surface area contributed by atoms with Crippen LogP contribution in [0.2, 0.25) is 5.02 Å². The number of aromatic hydroxyl groups is 2. The molecule has 0 aromatic heterocycles. The molecule has 0 amide bonds. The van der Waals surface area contributed by atoms with E-state index in [-0.39, 0.29) is 16.5 Å². The smallest absolute Gasteiger partial charge is 0.138 e. The highest BCUT2D eigenvalue weighted by Crippen LogP contribution is 2.34. The quantitative estimate of drug-likeness (QED) is 0.292. The highest BCUT2D eigenvalue weighted by Gasteiger charge is 2.06. The van der Waals surface area contributed by atoms with Crippen molar-refractivity contribution in [3.63, 3.8) is 0 Å². The third-order valence-corrected chi connectivity index (χ3v) is 4.71. The highest BCUT2D eigenvalue weighted by molar-refractivity contribution is 6.33. The van der Waals surface area contributed by atoms with Gasteiger partial charge < -0.3 is 10.2 Å². The van der Waals surface area contributed by atoms with Gasteiger partial charge >= 0.3 is 0 Å². The normalized spacial score (nSPS) is 11.4. The third-order valence-electron chi connectivity index (χ3n) is 4.32. The summed E-state index contributed by atoms with van der Waals surface area (Å²) in [6, 6.07) is 3.29. The molecule has 2 N–H and O–H groups in total. The van der Waals surface area contributed by atoms with Crippen LogP contribution in [0.4, 0.5) is 0 Å². The number of hydrogen-bond acceptors (Lipinski definition) is 2. The molecule has 0 saturated heterocycles. The van der Waals surface area contributed by atoms with Crippen LogP contribution in [0.3, 0.4) is 0 Å². The van der Waals surface area contributed by atoms with Crippen molar-refractivity contribution in [2.24, 2.45) is 0 Å². The topological polar surface area (TPSA) is 40.5 Å². The number of aryl methyl sites for hydroxylation is 1. The molecule has 3 heteroatoms.